The maximum absolute atomic E-state index is 12.6. The highest BCUT2D eigenvalue weighted by molar-refractivity contribution is 6.17. The van der Waals surface area contributed by atoms with E-state index >= 15 is 0 Å². The fourth-order valence-electron chi connectivity index (χ4n) is 3.91. The van der Waals surface area contributed by atoms with Crippen molar-refractivity contribution in [3.63, 3.8) is 0 Å². The fraction of sp³-hybridized carbons (Fsp3) is 0.227. The van der Waals surface area contributed by atoms with Gasteiger partial charge in [0.1, 0.15) is 0 Å². The molecule has 132 valence electrons. The predicted molar refractivity (Wildman–Crippen MR) is 104 cm³/mol. The Labute approximate surface area is 152 Å². The lowest BCUT2D eigenvalue weighted by molar-refractivity contribution is -0.133. The molecule has 26 heavy (non-hydrogen) atoms. The molecule has 0 aliphatic carbocycles. The predicted octanol–water partition coefficient (Wildman–Crippen LogP) is 4.00. The summed E-state index contributed by atoms with van der Waals surface area (Å²) in [6.45, 7) is 2.89. The van der Waals surface area contributed by atoms with Gasteiger partial charge in [0, 0.05) is 23.1 Å². The molecule has 4 heteroatoms. The van der Waals surface area contributed by atoms with Crippen LogP contribution in [0.4, 0.5) is 0 Å². The summed E-state index contributed by atoms with van der Waals surface area (Å²) in [5, 5.41) is 4.83. The third-order valence-electron chi connectivity index (χ3n) is 5.14. The summed E-state index contributed by atoms with van der Waals surface area (Å²) in [6.07, 6.45) is 0.974. The van der Waals surface area contributed by atoms with Gasteiger partial charge in [-0.25, -0.2) is 4.79 Å². The summed E-state index contributed by atoms with van der Waals surface area (Å²) in [6, 6.07) is 18.0. The third kappa shape index (κ3) is 2.72. The van der Waals surface area contributed by atoms with Crippen LogP contribution in [0.5, 0.6) is 0 Å². The second-order valence-electron chi connectivity index (χ2n) is 6.62. The van der Waals surface area contributed by atoms with E-state index < -0.39 is 0 Å². The van der Waals surface area contributed by atoms with Crippen molar-refractivity contribution in [2.24, 2.45) is 0 Å². The Morgan fingerprint density at radius 3 is 2.58 bits per heavy atom. The first kappa shape index (κ1) is 16.6. The molecule has 0 saturated heterocycles. The molecule has 0 spiro atoms. The zero-order valence-electron chi connectivity index (χ0n) is 15.0. The number of carbonyl (C=O) groups is 1. The number of benzene rings is 2. The molecule has 1 unspecified atom stereocenters. The normalized spacial score (nSPS) is 17.5. The van der Waals surface area contributed by atoms with Crippen molar-refractivity contribution < 1.29 is 9.53 Å². The standard InChI is InChI=1S/C22H22N2O2/c1-14(19(22(25)26-2)15-8-4-3-5-9-15)20-21-17(12-13-23-20)16-10-6-7-11-18(16)24-21/h3-11,20,23-24H,12-13H2,1-2H3/b19-14+. The first-order valence-corrected chi connectivity index (χ1v) is 8.88. The largest absolute Gasteiger partial charge is 0.465 e. The highest BCUT2D eigenvalue weighted by atomic mass is 16.5. The molecule has 3 aromatic rings. The van der Waals surface area contributed by atoms with Gasteiger partial charge in [0.05, 0.1) is 18.7 Å². The average molecular weight is 346 g/mol. The maximum atomic E-state index is 12.6. The summed E-state index contributed by atoms with van der Waals surface area (Å²) in [7, 11) is 1.43. The Morgan fingerprint density at radius 1 is 1.08 bits per heavy atom. The zero-order chi connectivity index (χ0) is 18.1. The molecule has 1 aliphatic heterocycles. The van der Waals surface area contributed by atoms with Gasteiger partial charge in [-0.05, 0) is 36.1 Å². The first-order chi connectivity index (χ1) is 12.7. The van der Waals surface area contributed by atoms with Crippen molar-refractivity contribution in [2.45, 2.75) is 19.4 Å². The van der Waals surface area contributed by atoms with Crippen LogP contribution in [0, 0.1) is 0 Å². The number of nitrogens with one attached hydrogen (secondary N) is 2. The van der Waals surface area contributed by atoms with Crippen molar-refractivity contribution in [1.82, 2.24) is 10.3 Å². The zero-order valence-corrected chi connectivity index (χ0v) is 15.0. The minimum absolute atomic E-state index is 0.0412. The van der Waals surface area contributed by atoms with Gasteiger partial charge < -0.3 is 15.0 Å². The number of ether oxygens (including phenoxy) is 1. The highest BCUT2D eigenvalue weighted by Gasteiger charge is 2.28. The molecule has 2 aromatic carbocycles. The summed E-state index contributed by atoms with van der Waals surface area (Å²) >= 11 is 0. The van der Waals surface area contributed by atoms with Crippen molar-refractivity contribution in [3.8, 4) is 0 Å². The van der Waals surface area contributed by atoms with Crippen LogP contribution in [0.15, 0.2) is 60.2 Å². The topological polar surface area (TPSA) is 54.1 Å². The molecular weight excluding hydrogens is 324 g/mol. The summed E-state index contributed by atoms with van der Waals surface area (Å²) in [4.78, 5) is 16.1. The second kappa shape index (κ2) is 6.81. The molecule has 2 N–H and O–H groups in total. The van der Waals surface area contributed by atoms with Crippen LogP contribution in [0.25, 0.3) is 16.5 Å². The van der Waals surface area contributed by atoms with Crippen LogP contribution in [0.3, 0.4) is 0 Å². The first-order valence-electron chi connectivity index (χ1n) is 8.88. The average Bonchev–Trinajstić information content (AvgIpc) is 3.07. The lowest BCUT2D eigenvalue weighted by atomic mass is 9.90. The van der Waals surface area contributed by atoms with Crippen molar-refractivity contribution >= 4 is 22.4 Å². The Morgan fingerprint density at radius 2 is 1.81 bits per heavy atom. The number of hydrogen-bond acceptors (Lipinski definition) is 3. The lowest BCUT2D eigenvalue weighted by Crippen LogP contribution is -2.31. The summed E-state index contributed by atoms with van der Waals surface area (Å²) in [5.74, 6) is -0.307. The van der Waals surface area contributed by atoms with Crippen molar-refractivity contribution in [2.75, 3.05) is 13.7 Å². The van der Waals surface area contributed by atoms with Gasteiger partial charge in [0.2, 0.25) is 0 Å². The Kier molecular flexibility index (Phi) is 4.35. The van der Waals surface area contributed by atoms with Crippen LogP contribution in [0.1, 0.15) is 29.8 Å². The van der Waals surface area contributed by atoms with Crippen molar-refractivity contribution in [1.29, 1.82) is 0 Å². The molecule has 0 fully saturated rings. The van der Waals surface area contributed by atoms with E-state index in [0.717, 1.165) is 35.3 Å². The van der Waals surface area contributed by atoms with E-state index in [1.54, 1.807) is 0 Å². The van der Waals surface area contributed by atoms with Gasteiger partial charge >= 0.3 is 5.97 Å². The van der Waals surface area contributed by atoms with E-state index in [9.17, 15) is 4.79 Å². The molecule has 4 nitrogen and oxygen atoms in total. The third-order valence-corrected chi connectivity index (χ3v) is 5.14. The quantitative estimate of drug-likeness (QED) is 0.557. The number of hydrogen-bond donors (Lipinski definition) is 2. The number of methoxy groups -OCH3 is 1. The van der Waals surface area contributed by atoms with Gasteiger partial charge in [-0.2, -0.15) is 0 Å². The van der Waals surface area contributed by atoms with Gasteiger partial charge in [-0.1, -0.05) is 48.5 Å². The number of carbonyl (C=O) groups excluding carboxylic acids is 1. The Balaban J connectivity index is 1.88. The summed E-state index contributed by atoms with van der Waals surface area (Å²) in [5.41, 5.74) is 6.08. The smallest absolute Gasteiger partial charge is 0.338 e. The van der Waals surface area contributed by atoms with E-state index in [4.69, 9.17) is 4.74 Å². The number of para-hydroxylation sites is 1. The Bertz CT molecular complexity index is 986. The van der Waals surface area contributed by atoms with E-state index in [2.05, 4.69) is 28.5 Å². The second-order valence-corrected chi connectivity index (χ2v) is 6.62. The van der Waals surface area contributed by atoms with Gasteiger partial charge in [0.15, 0.2) is 0 Å². The number of aromatic amines is 1. The molecule has 0 bridgehead atoms. The van der Waals surface area contributed by atoms with Crippen LogP contribution >= 0.6 is 0 Å². The molecule has 1 aliphatic rings. The molecule has 1 aromatic heterocycles. The van der Waals surface area contributed by atoms with E-state index in [1.807, 2.05) is 43.3 Å². The monoisotopic (exact) mass is 346 g/mol. The van der Waals surface area contributed by atoms with Gasteiger partial charge in [-0.3, -0.25) is 0 Å². The van der Waals surface area contributed by atoms with Crippen LogP contribution in [0.2, 0.25) is 0 Å². The minimum Gasteiger partial charge on any atom is -0.465 e. The number of fused-ring (bicyclic) bond motifs is 3. The summed E-state index contributed by atoms with van der Waals surface area (Å²) < 4.78 is 5.09. The molecule has 4 rings (SSSR count). The van der Waals surface area contributed by atoms with Crippen LogP contribution in [-0.4, -0.2) is 24.6 Å². The van der Waals surface area contributed by atoms with E-state index in [0.29, 0.717) is 5.57 Å². The lowest BCUT2D eigenvalue weighted by Gasteiger charge is -2.27. The number of esters is 1. The number of H-pyrrole nitrogens is 1. The molecule has 0 amide bonds. The van der Waals surface area contributed by atoms with Crippen molar-refractivity contribution in [3.05, 3.63) is 77.0 Å². The molecule has 1 atom stereocenters. The number of rotatable bonds is 3. The minimum atomic E-state index is -0.307. The van der Waals surface area contributed by atoms with E-state index in [1.165, 1.54) is 18.1 Å². The molecule has 0 radical (unpaired) electrons. The maximum Gasteiger partial charge on any atom is 0.338 e. The molecule has 0 saturated carbocycles. The van der Waals surface area contributed by atoms with Crippen LogP contribution in [-0.2, 0) is 16.0 Å². The number of aromatic nitrogens is 1. The fourth-order valence-corrected chi connectivity index (χ4v) is 3.91. The van der Waals surface area contributed by atoms with E-state index in [-0.39, 0.29) is 12.0 Å². The molecular formula is C22H22N2O2. The highest BCUT2D eigenvalue weighted by Crippen LogP contribution is 2.36. The van der Waals surface area contributed by atoms with Gasteiger partial charge in [-0.15, -0.1) is 0 Å². The molecule has 2 heterocycles. The Hall–Kier alpha value is -2.85. The van der Waals surface area contributed by atoms with Crippen LogP contribution < -0.4 is 5.32 Å². The SMILES string of the molecule is COC(=O)/C(=C(\C)C1NCCc2c1[nH]c1ccccc21)c1ccccc1. The van der Waals surface area contributed by atoms with Gasteiger partial charge in [0.25, 0.3) is 0 Å².